The third-order valence-electron chi connectivity index (χ3n) is 5.11. The normalized spacial score (nSPS) is 14.3. The van der Waals surface area contributed by atoms with Crippen molar-refractivity contribution in [2.24, 2.45) is 0 Å². The minimum Gasteiger partial charge on any atom is -0.493 e. The standard InChI is InChI=1S/C26H20ClFN2O5S/c1-34-22-11-16(9-10-21(22)35-15-17-5-2-3-8-20(17)28)12-23-25(32)30(26(33)36-23)14-24(31)29-19-7-4-6-18(27)13-19/h2-13H,14-15H2,1H3,(H,29,31)/b23-12+. The Bertz CT molecular complexity index is 1360. The first kappa shape index (κ1) is 25.3. The number of thioether (sulfide) groups is 1. The van der Waals surface area contributed by atoms with Gasteiger partial charge in [-0.25, -0.2) is 4.39 Å². The summed E-state index contributed by atoms with van der Waals surface area (Å²) in [5.41, 5.74) is 1.44. The molecule has 3 aromatic carbocycles. The predicted octanol–water partition coefficient (Wildman–Crippen LogP) is 5.74. The second-order valence-corrected chi connectivity index (χ2v) is 9.05. The molecule has 1 fully saturated rings. The number of nitrogens with one attached hydrogen (secondary N) is 1. The highest BCUT2D eigenvalue weighted by atomic mass is 35.5. The lowest BCUT2D eigenvalue weighted by atomic mass is 10.1. The van der Waals surface area contributed by atoms with Gasteiger partial charge in [0, 0.05) is 16.3 Å². The maximum atomic E-state index is 13.9. The van der Waals surface area contributed by atoms with Crippen LogP contribution in [0.1, 0.15) is 11.1 Å². The van der Waals surface area contributed by atoms with Gasteiger partial charge in [-0.3, -0.25) is 19.3 Å². The number of methoxy groups -OCH3 is 1. The Morgan fingerprint density at radius 2 is 1.89 bits per heavy atom. The summed E-state index contributed by atoms with van der Waals surface area (Å²) in [6.07, 6.45) is 1.53. The summed E-state index contributed by atoms with van der Waals surface area (Å²) in [5.74, 6) is -0.710. The lowest BCUT2D eigenvalue weighted by molar-refractivity contribution is -0.127. The van der Waals surface area contributed by atoms with Crippen LogP contribution in [0.4, 0.5) is 14.9 Å². The first-order valence-electron chi connectivity index (χ1n) is 10.7. The maximum Gasteiger partial charge on any atom is 0.294 e. The van der Waals surface area contributed by atoms with E-state index in [-0.39, 0.29) is 17.3 Å². The maximum absolute atomic E-state index is 13.9. The molecule has 0 spiro atoms. The van der Waals surface area contributed by atoms with E-state index in [0.29, 0.717) is 33.3 Å². The van der Waals surface area contributed by atoms with Crippen LogP contribution >= 0.6 is 23.4 Å². The average molecular weight is 527 g/mol. The van der Waals surface area contributed by atoms with Crippen molar-refractivity contribution >= 4 is 52.2 Å². The fourth-order valence-electron chi connectivity index (χ4n) is 3.36. The van der Waals surface area contributed by atoms with Crippen LogP contribution in [0.2, 0.25) is 5.02 Å². The molecule has 1 saturated heterocycles. The number of halogens is 2. The Balaban J connectivity index is 1.43. The Labute approximate surface area is 215 Å². The van der Waals surface area contributed by atoms with E-state index in [1.165, 1.54) is 19.3 Å². The zero-order chi connectivity index (χ0) is 25.7. The van der Waals surface area contributed by atoms with Gasteiger partial charge in [0.15, 0.2) is 11.5 Å². The number of hydrogen-bond donors (Lipinski definition) is 1. The number of benzene rings is 3. The van der Waals surface area contributed by atoms with E-state index < -0.39 is 23.6 Å². The molecule has 0 atom stereocenters. The van der Waals surface area contributed by atoms with E-state index in [1.54, 1.807) is 60.7 Å². The van der Waals surface area contributed by atoms with Gasteiger partial charge in [0.2, 0.25) is 5.91 Å². The third kappa shape index (κ3) is 6.05. The molecule has 0 aliphatic carbocycles. The summed E-state index contributed by atoms with van der Waals surface area (Å²) in [4.78, 5) is 38.6. The number of rotatable bonds is 8. The van der Waals surface area contributed by atoms with Crippen molar-refractivity contribution in [3.05, 3.63) is 93.6 Å². The SMILES string of the molecule is COc1cc(/C=C2/SC(=O)N(CC(=O)Nc3cccc(Cl)c3)C2=O)ccc1OCc1ccccc1F. The minimum atomic E-state index is -0.579. The molecule has 1 heterocycles. The Morgan fingerprint density at radius 1 is 1.08 bits per heavy atom. The molecule has 3 amide bonds. The molecular formula is C26H20ClFN2O5S. The van der Waals surface area contributed by atoms with Gasteiger partial charge in [-0.1, -0.05) is 41.9 Å². The van der Waals surface area contributed by atoms with Crippen LogP contribution < -0.4 is 14.8 Å². The van der Waals surface area contributed by atoms with Crippen LogP contribution in [-0.2, 0) is 16.2 Å². The van der Waals surface area contributed by atoms with Gasteiger partial charge in [0.05, 0.1) is 12.0 Å². The van der Waals surface area contributed by atoms with Crippen molar-refractivity contribution in [1.82, 2.24) is 4.90 Å². The highest BCUT2D eigenvalue weighted by Gasteiger charge is 2.36. The topological polar surface area (TPSA) is 84.9 Å². The fourth-order valence-corrected chi connectivity index (χ4v) is 4.39. The largest absolute Gasteiger partial charge is 0.493 e. The van der Waals surface area contributed by atoms with Crippen molar-refractivity contribution in [2.75, 3.05) is 19.0 Å². The van der Waals surface area contributed by atoms with Crippen LogP contribution in [0.15, 0.2) is 71.6 Å². The highest BCUT2D eigenvalue weighted by molar-refractivity contribution is 8.18. The van der Waals surface area contributed by atoms with E-state index in [2.05, 4.69) is 5.32 Å². The lowest BCUT2D eigenvalue weighted by Gasteiger charge is -2.13. The molecule has 10 heteroatoms. The summed E-state index contributed by atoms with van der Waals surface area (Å²) in [6.45, 7) is -0.417. The number of carbonyl (C=O) groups excluding carboxylic acids is 3. The number of hydrogen-bond acceptors (Lipinski definition) is 6. The van der Waals surface area contributed by atoms with E-state index >= 15 is 0 Å². The van der Waals surface area contributed by atoms with Crippen LogP contribution in [-0.4, -0.2) is 35.6 Å². The summed E-state index contributed by atoms with van der Waals surface area (Å²) >= 11 is 6.65. The van der Waals surface area contributed by atoms with Gasteiger partial charge in [-0.05, 0) is 59.8 Å². The van der Waals surface area contributed by atoms with Crippen molar-refractivity contribution in [3.8, 4) is 11.5 Å². The van der Waals surface area contributed by atoms with Crippen LogP contribution in [0.25, 0.3) is 6.08 Å². The first-order chi connectivity index (χ1) is 17.3. The summed E-state index contributed by atoms with van der Waals surface area (Å²) in [5, 5.41) is 2.51. The number of anilines is 1. The smallest absolute Gasteiger partial charge is 0.294 e. The Morgan fingerprint density at radius 3 is 2.64 bits per heavy atom. The number of ether oxygens (including phenoxy) is 2. The number of imide groups is 1. The van der Waals surface area contributed by atoms with Gasteiger partial charge in [-0.2, -0.15) is 0 Å². The number of carbonyl (C=O) groups is 3. The lowest BCUT2D eigenvalue weighted by Crippen LogP contribution is -2.36. The molecule has 4 rings (SSSR count). The van der Waals surface area contributed by atoms with E-state index in [0.717, 1.165) is 16.7 Å². The number of amides is 3. The second-order valence-electron chi connectivity index (χ2n) is 7.62. The molecule has 184 valence electrons. The van der Waals surface area contributed by atoms with Gasteiger partial charge < -0.3 is 14.8 Å². The van der Waals surface area contributed by atoms with Gasteiger partial charge in [0.25, 0.3) is 11.1 Å². The molecular weight excluding hydrogens is 507 g/mol. The average Bonchev–Trinajstić information content (AvgIpc) is 3.11. The minimum absolute atomic E-state index is 0.0124. The second kappa shape index (κ2) is 11.3. The fraction of sp³-hybridized carbons (Fsp3) is 0.115. The van der Waals surface area contributed by atoms with E-state index in [9.17, 15) is 18.8 Å². The predicted molar refractivity (Wildman–Crippen MR) is 136 cm³/mol. The van der Waals surface area contributed by atoms with Crippen molar-refractivity contribution in [2.45, 2.75) is 6.61 Å². The third-order valence-corrected chi connectivity index (χ3v) is 6.25. The molecule has 1 N–H and O–H groups in total. The molecule has 36 heavy (non-hydrogen) atoms. The molecule has 0 aromatic heterocycles. The molecule has 3 aromatic rings. The molecule has 1 aliphatic heterocycles. The van der Waals surface area contributed by atoms with Gasteiger partial charge in [0.1, 0.15) is 19.0 Å². The quantitative estimate of drug-likeness (QED) is 0.377. The van der Waals surface area contributed by atoms with Crippen molar-refractivity contribution in [1.29, 1.82) is 0 Å². The zero-order valence-electron chi connectivity index (χ0n) is 19.0. The van der Waals surface area contributed by atoms with E-state index in [4.69, 9.17) is 21.1 Å². The van der Waals surface area contributed by atoms with Gasteiger partial charge >= 0.3 is 0 Å². The molecule has 0 bridgehead atoms. The summed E-state index contributed by atoms with van der Waals surface area (Å²) < 4.78 is 24.9. The molecule has 0 radical (unpaired) electrons. The monoisotopic (exact) mass is 526 g/mol. The van der Waals surface area contributed by atoms with Gasteiger partial charge in [-0.15, -0.1) is 0 Å². The Kier molecular flexibility index (Phi) is 7.92. The zero-order valence-corrected chi connectivity index (χ0v) is 20.6. The van der Waals surface area contributed by atoms with Crippen molar-refractivity contribution in [3.63, 3.8) is 0 Å². The van der Waals surface area contributed by atoms with Crippen molar-refractivity contribution < 1.29 is 28.2 Å². The summed E-state index contributed by atoms with van der Waals surface area (Å²) in [6, 6.07) is 17.8. The van der Waals surface area contributed by atoms with E-state index in [1.807, 2.05) is 0 Å². The molecule has 0 unspecified atom stereocenters. The first-order valence-corrected chi connectivity index (χ1v) is 11.9. The van der Waals surface area contributed by atoms with Crippen LogP contribution in [0.5, 0.6) is 11.5 Å². The van der Waals surface area contributed by atoms with Crippen LogP contribution in [0.3, 0.4) is 0 Å². The Hall–Kier alpha value is -3.82. The number of nitrogens with zero attached hydrogens (tertiary/aromatic N) is 1. The summed E-state index contributed by atoms with van der Waals surface area (Å²) in [7, 11) is 1.46. The molecule has 7 nitrogen and oxygen atoms in total. The molecule has 1 aliphatic rings. The highest BCUT2D eigenvalue weighted by Crippen LogP contribution is 2.35. The van der Waals surface area contributed by atoms with Crippen LogP contribution in [0, 0.1) is 5.82 Å². The molecule has 0 saturated carbocycles.